The van der Waals surface area contributed by atoms with E-state index in [1.165, 1.54) is 4.90 Å². The molecule has 0 unspecified atom stereocenters. The maximum atomic E-state index is 12.4. The molecule has 0 aromatic carbocycles. The molecule has 0 heterocycles. The van der Waals surface area contributed by atoms with E-state index in [1.54, 1.807) is 51.6 Å². The van der Waals surface area contributed by atoms with Crippen LogP contribution in [0.25, 0.3) is 0 Å². The van der Waals surface area contributed by atoms with Crippen LogP contribution in [0, 0.1) is 0 Å². The molecule has 0 bridgehead atoms. The highest BCUT2D eigenvalue weighted by Gasteiger charge is 2.28. The van der Waals surface area contributed by atoms with Crippen molar-refractivity contribution in [2.24, 2.45) is 0 Å². The van der Waals surface area contributed by atoms with E-state index in [9.17, 15) is 9.36 Å². The fourth-order valence-electron chi connectivity index (χ4n) is 1.22. The second kappa shape index (κ2) is 5.64. The molecule has 1 amide bonds. The van der Waals surface area contributed by atoms with E-state index >= 15 is 0 Å². The third-order valence-electron chi connectivity index (χ3n) is 2.37. The van der Waals surface area contributed by atoms with Crippen LogP contribution in [0.5, 0.6) is 0 Å². The van der Waals surface area contributed by atoms with Gasteiger partial charge in [-0.3, -0.25) is 9.36 Å². The zero-order chi connectivity index (χ0) is 12.2. The summed E-state index contributed by atoms with van der Waals surface area (Å²) in [5.41, 5.74) is 0. The topological polar surface area (TPSA) is 43.9 Å². The van der Waals surface area contributed by atoms with Gasteiger partial charge in [0.2, 0.25) is 13.4 Å². The average molecular weight is 235 g/mol. The first kappa shape index (κ1) is 14.6. The van der Waals surface area contributed by atoms with Crippen LogP contribution in [-0.4, -0.2) is 68.6 Å². The van der Waals surface area contributed by atoms with Crippen molar-refractivity contribution in [2.75, 3.05) is 48.4 Å². The van der Waals surface area contributed by atoms with Crippen molar-refractivity contribution in [3.05, 3.63) is 0 Å². The van der Waals surface area contributed by atoms with Gasteiger partial charge in [-0.25, -0.2) is 9.34 Å². The quantitative estimate of drug-likeness (QED) is 0.661. The second-order valence-corrected chi connectivity index (χ2v) is 7.50. The number of hydrogen-bond donors (Lipinski definition) is 0. The van der Waals surface area contributed by atoms with Crippen molar-refractivity contribution in [3.63, 3.8) is 0 Å². The molecule has 0 spiro atoms. The molecule has 0 aliphatic carbocycles. The Morgan fingerprint density at radius 3 is 1.67 bits per heavy atom. The summed E-state index contributed by atoms with van der Waals surface area (Å²) in [6.07, 6.45) is 0.713. The molecule has 0 aromatic rings. The summed E-state index contributed by atoms with van der Waals surface area (Å²) in [6.45, 7) is 0. The minimum atomic E-state index is -2.54. The molecule has 0 atom stereocenters. The Labute approximate surface area is 92.5 Å². The van der Waals surface area contributed by atoms with E-state index < -0.39 is 7.44 Å². The lowest BCUT2D eigenvalue weighted by Gasteiger charge is -2.30. The Hall–Kier alpha value is -0.380. The number of nitrogens with zero attached hydrogens (tertiary/aromatic N) is 3. The third kappa shape index (κ3) is 3.93. The van der Waals surface area contributed by atoms with Gasteiger partial charge >= 0.3 is 0 Å². The van der Waals surface area contributed by atoms with E-state index in [0.29, 0.717) is 12.6 Å². The van der Waals surface area contributed by atoms with E-state index in [1.807, 2.05) is 0 Å². The number of amides is 1. The summed E-state index contributed by atoms with van der Waals surface area (Å²) in [5, 5.41) is 0. The summed E-state index contributed by atoms with van der Waals surface area (Å²) in [6, 6.07) is 0. The van der Waals surface area contributed by atoms with Crippen molar-refractivity contribution in [3.8, 4) is 0 Å². The third-order valence-corrected chi connectivity index (χ3v) is 5.67. The fourth-order valence-corrected chi connectivity index (χ4v) is 3.22. The molecule has 0 radical (unpaired) electrons. The lowest BCUT2D eigenvalue weighted by atomic mass is 10.4. The predicted octanol–water partition coefficient (Wildman–Crippen LogP) is 0.781. The highest BCUT2D eigenvalue weighted by Crippen LogP contribution is 2.49. The van der Waals surface area contributed by atoms with E-state index in [4.69, 9.17) is 0 Å². The van der Waals surface area contributed by atoms with Gasteiger partial charge in [0, 0.05) is 26.7 Å². The molecule has 0 fully saturated rings. The lowest BCUT2D eigenvalue weighted by Crippen LogP contribution is -2.27. The molecule has 0 aliphatic rings. The van der Waals surface area contributed by atoms with Gasteiger partial charge < -0.3 is 4.90 Å². The van der Waals surface area contributed by atoms with Crippen molar-refractivity contribution in [1.82, 2.24) is 14.2 Å². The summed E-state index contributed by atoms with van der Waals surface area (Å²) >= 11 is 0. The van der Waals surface area contributed by atoms with E-state index in [2.05, 4.69) is 0 Å². The lowest BCUT2D eigenvalue weighted by molar-refractivity contribution is -0.128. The summed E-state index contributed by atoms with van der Waals surface area (Å²) < 4.78 is 15.8. The molecule has 5 nitrogen and oxygen atoms in total. The molecule has 0 rings (SSSR count). The summed E-state index contributed by atoms with van der Waals surface area (Å²) in [5.74, 6) is 0.0129. The molecule has 0 saturated carbocycles. The molecule has 0 N–H and O–H groups in total. The maximum Gasteiger partial charge on any atom is 0.222 e. The van der Waals surface area contributed by atoms with Crippen molar-refractivity contribution < 1.29 is 9.36 Å². The van der Waals surface area contributed by atoms with Gasteiger partial charge in [0.25, 0.3) is 0 Å². The molecule has 90 valence electrons. The Bertz CT molecular complexity index is 252. The smallest absolute Gasteiger partial charge is 0.222 e. The SMILES string of the molecule is CN(C)C(=O)CCP(=O)(N(C)C)N(C)C. The van der Waals surface area contributed by atoms with Gasteiger partial charge in [0.15, 0.2) is 0 Å². The number of hydrogen-bond acceptors (Lipinski definition) is 2. The van der Waals surface area contributed by atoms with Crippen LogP contribution in [0.2, 0.25) is 0 Å². The Balaban J connectivity index is 4.47. The predicted molar refractivity (Wildman–Crippen MR) is 63.2 cm³/mol. The number of carbonyl (C=O) groups is 1. The van der Waals surface area contributed by atoms with Crippen LogP contribution < -0.4 is 0 Å². The van der Waals surface area contributed by atoms with Crippen LogP contribution in [0.1, 0.15) is 6.42 Å². The normalized spacial score (nSPS) is 12.3. The minimum absolute atomic E-state index is 0.0129. The maximum absolute atomic E-state index is 12.4. The first-order valence-corrected chi connectivity index (χ1v) is 6.66. The van der Waals surface area contributed by atoms with Gasteiger partial charge in [-0.2, -0.15) is 0 Å². The molecule has 6 heteroatoms. The summed E-state index contributed by atoms with van der Waals surface area (Å²) in [4.78, 5) is 12.9. The molecule has 0 saturated heterocycles. The van der Waals surface area contributed by atoms with Crippen LogP contribution >= 0.6 is 7.44 Å². The highest BCUT2D eigenvalue weighted by molar-refractivity contribution is 7.59. The number of rotatable bonds is 5. The Morgan fingerprint density at radius 1 is 1.00 bits per heavy atom. The van der Waals surface area contributed by atoms with Gasteiger partial charge in [0.1, 0.15) is 0 Å². The van der Waals surface area contributed by atoms with Crippen LogP contribution in [-0.2, 0) is 9.36 Å². The minimum Gasteiger partial charge on any atom is -0.349 e. The first-order valence-electron chi connectivity index (χ1n) is 4.86. The monoisotopic (exact) mass is 235 g/mol. The molecular formula is C9H22N3O2P. The van der Waals surface area contributed by atoms with Gasteiger partial charge in [-0.05, 0) is 28.2 Å². The molecular weight excluding hydrogens is 213 g/mol. The van der Waals surface area contributed by atoms with Crippen LogP contribution in [0.4, 0.5) is 0 Å². The molecule has 15 heavy (non-hydrogen) atoms. The largest absolute Gasteiger partial charge is 0.349 e. The molecule has 0 aliphatic heterocycles. The zero-order valence-corrected chi connectivity index (χ0v) is 11.4. The standard InChI is InChI=1S/C9H22N3O2P/c1-10(2)9(13)7-8-15(14,11(3)4)12(5)6/h7-8H2,1-6H3. The average Bonchev–Trinajstić information content (AvgIpc) is 2.12. The zero-order valence-electron chi connectivity index (χ0n) is 10.5. The Morgan fingerprint density at radius 2 is 1.40 bits per heavy atom. The Kier molecular flexibility index (Phi) is 5.49. The van der Waals surface area contributed by atoms with E-state index in [-0.39, 0.29) is 5.91 Å². The first-order chi connectivity index (χ1) is 6.71. The van der Waals surface area contributed by atoms with Crippen molar-refractivity contribution in [1.29, 1.82) is 0 Å². The second-order valence-electron chi connectivity index (χ2n) is 4.12. The number of carbonyl (C=O) groups excluding carboxylic acids is 1. The fraction of sp³-hybridized carbons (Fsp3) is 0.889. The highest BCUT2D eigenvalue weighted by atomic mass is 31.2. The van der Waals surface area contributed by atoms with Gasteiger partial charge in [-0.15, -0.1) is 0 Å². The van der Waals surface area contributed by atoms with Crippen LogP contribution in [0.15, 0.2) is 0 Å². The van der Waals surface area contributed by atoms with Gasteiger partial charge in [0.05, 0.1) is 0 Å². The van der Waals surface area contributed by atoms with Gasteiger partial charge in [-0.1, -0.05) is 0 Å². The van der Waals surface area contributed by atoms with E-state index in [0.717, 1.165) is 0 Å². The molecule has 0 aromatic heterocycles. The summed E-state index contributed by atoms with van der Waals surface area (Å²) in [7, 11) is 7.99. The van der Waals surface area contributed by atoms with Crippen LogP contribution in [0.3, 0.4) is 0 Å². The van der Waals surface area contributed by atoms with Crippen molar-refractivity contribution in [2.45, 2.75) is 6.42 Å². The van der Waals surface area contributed by atoms with Crippen molar-refractivity contribution >= 4 is 13.4 Å².